The van der Waals surface area contributed by atoms with Gasteiger partial charge in [-0.2, -0.15) is 0 Å². The van der Waals surface area contributed by atoms with Crippen molar-refractivity contribution in [3.63, 3.8) is 0 Å². The lowest BCUT2D eigenvalue weighted by molar-refractivity contribution is -0.140. The van der Waals surface area contributed by atoms with Crippen LogP contribution in [0.3, 0.4) is 0 Å². The van der Waals surface area contributed by atoms with Gasteiger partial charge in [-0.15, -0.1) is 11.3 Å². The van der Waals surface area contributed by atoms with Crippen molar-refractivity contribution in [2.75, 3.05) is 6.61 Å². The van der Waals surface area contributed by atoms with E-state index < -0.39 is 23.9 Å². The Kier molecular flexibility index (Phi) is 10.2. The minimum absolute atomic E-state index is 0.166. The van der Waals surface area contributed by atoms with Gasteiger partial charge < -0.3 is 15.3 Å². The zero-order valence-corrected chi connectivity index (χ0v) is 25.0. The van der Waals surface area contributed by atoms with Gasteiger partial charge >= 0.3 is 0 Å². The number of allylic oxidation sites excluding steroid dienone is 2. The standard InChI is InChI=1S/C31H38BrNO5S/c1-3-6-19(14-21-15-22(32)10-12-26(21)35)9-11-27(36)28-20(7-4-2)16-24-29(25(28)18-34)31(38)33(30(24)37)17-23-8-5-13-39-23/h5,8,10,12-15,24-25,27,29,34-36H,3-4,6-7,9,11,16-18H2,1-2H3/b19-14+/t24-,25+,27-,29-/m1/s1. The molecule has 0 unspecified atom stereocenters. The van der Waals surface area contributed by atoms with Crippen LogP contribution >= 0.6 is 27.3 Å². The highest BCUT2D eigenvalue weighted by molar-refractivity contribution is 9.10. The predicted molar refractivity (Wildman–Crippen MR) is 158 cm³/mol. The molecule has 0 spiro atoms. The third-order valence-corrected chi connectivity index (χ3v) is 9.29. The summed E-state index contributed by atoms with van der Waals surface area (Å²) in [7, 11) is 0. The highest BCUT2D eigenvalue weighted by Gasteiger charge is 2.54. The highest BCUT2D eigenvalue weighted by atomic mass is 79.9. The number of hydrogen-bond donors (Lipinski definition) is 3. The van der Waals surface area contributed by atoms with E-state index in [1.165, 1.54) is 16.2 Å². The zero-order valence-electron chi connectivity index (χ0n) is 22.6. The van der Waals surface area contributed by atoms with Gasteiger partial charge in [0.25, 0.3) is 0 Å². The topological polar surface area (TPSA) is 98.1 Å². The van der Waals surface area contributed by atoms with Crippen LogP contribution in [0.2, 0.25) is 0 Å². The molecule has 39 heavy (non-hydrogen) atoms. The van der Waals surface area contributed by atoms with E-state index in [0.29, 0.717) is 19.3 Å². The van der Waals surface area contributed by atoms with Gasteiger partial charge in [0, 0.05) is 20.8 Å². The molecule has 1 fully saturated rings. The van der Waals surface area contributed by atoms with Gasteiger partial charge in [-0.3, -0.25) is 14.5 Å². The van der Waals surface area contributed by atoms with Crippen LogP contribution in [0.4, 0.5) is 0 Å². The number of benzene rings is 1. The number of carbonyl (C=O) groups is 2. The maximum Gasteiger partial charge on any atom is 0.234 e. The summed E-state index contributed by atoms with van der Waals surface area (Å²) in [5, 5.41) is 34.3. The van der Waals surface area contributed by atoms with E-state index in [1.54, 1.807) is 12.1 Å². The smallest absolute Gasteiger partial charge is 0.234 e. The number of carbonyl (C=O) groups excluding carboxylic acids is 2. The Morgan fingerprint density at radius 2 is 1.97 bits per heavy atom. The second kappa shape index (κ2) is 13.4. The number of aromatic hydroxyl groups is 1. The molecule has 6 nitrogen and oxygen atoms in total. The molecule has 4 atom stereocenters. The number of thiophene rings is 1. The molecule has 3 N–H and O–H groups in total. The van der Waals surface area contributed by atoms with E-state index in [2.05, 4.69) is 29.8 Å². The summed E-state index contributed by atoms with van der Waals surface area (Å²) >= 11 is 4.98. The summed E-state index contributed by atoms with van der Waals surface area (Å²) in [6.45, 7) is 4.14. The van der Waals surface area contributed by atoms with Crippen LogP contribution in [0.5, 0.6) is 5.75 Å². The van der Waals surface area contributed by atoms with Crippen LogP contribution in [-0.2, 0) is 16.1 Å². The van der Waals surface area contributed by atoms with Gasteiger partial charge in [-0.25, -0.2) is 0 Å². The highest BCUT2D eigenvalue weighted by Crippen LogP contribution is 2.47. The summed E-state index contributed by atoms with van der Waals surface area (Å²) in [6.07, 6.45) is 6.02. The molecule has 2 aliphatic rings. The van der Waals surface area contributed by atoms with Crippen molar-refractivity contribution in [1.82, 2.24) is 4.90 Å². The molecular weight excluding hydrogens is 578 g/mol. The molecule has 1 saturated heterocycles. The van der Waals surface area contributed by atoms with Crippen LogP contribution in [-0.4, -0.2) is 44.7 Å². The summed E-state index contributed by atoms with van der Waals surface area (Å²) in [5.74, 6) is -1.90. The van der Waals surface area contributed by atoms with E-state index in [1.807, 2.05) is 29.7 Å². The molecule has 2 aromatic rings. The lowest BCUT2D eigenvalue weighted by Gasteiger charge is -2.36. The van der Waals surface area contributed by atoms with Crippen LogP contribution in [0.25, 0.3) is 6.08 Å². The van der Waals surface area contributed by atoms with Crippen molar-refractivity contribution in [1.29, 1.82) is 0 Å². The minimum atomic E-state index is -0.824. The van der Waals surface area contributed by atoms with Gasteiger partial charge in [0.2, 0.25) is 11.8 Å². The lowest BCUT2D eigenvalue weighted by atomic mass is 9.67. The first kappa shape index (κ1) is 29.7. The third kappa shape index (κ3) is 6.56. The van der Waals surface area contributed by atoms with Crippen molar-refractivity contribution in [2.45, 2.75) is 71.4 Å². The Morgan fingerprint density at radius 1 is 1.18 bits per heavy atom. The van der Waals surface area contributed by atoms with Crippen LogP contribution in [0, 0.1) is 17.8 Å². The molecule has 2 heterocycles. The van der Waals surface area contributed by atoms with Gasteiger partial charge in [-0.05, 0) is 67.3 Å². The first-order valence-corrected chi connectivity index (χ1v) is 15.5. The Hall–Kier alpha value is -2.26. The SMILES string of the molecule is CCCC1=C([C@H](O)CC/C(=C/c2cc(Br)ccc2O)CCC)[C@H](CO)[C@@H]2C(=O)N(Cc3cccs3)C(=O)[C@@H]2C1. The van der Waals surface area contributed by atoms with E-state index in [0.717, 1.165) is 57.3 Å². The van der Waals surface area contributed by atoms with Gasteiger partial charge in [0.05, 0.1) is 31.1 Å². The molecule has 1 aliphatic carbocycles. The van der Waals surface area contributed by atoms with E-state index >= 15 is 0 Å². The number of likely N-dealkylation sites (tertiary alicyclic amines) is 1. The second-order valence-electron chi connectivity index (χ2n) is 10.6. The first-order chi connectivity index (χ1) is 18.8. The van der Waals surface area contributed by atoms with Crippen LogP contribution in [0.15, 0.2) is 56.9 Å². The average molecular weight is 617 g/mol. The average Bonchev–Trinajstić information content (AvgIpc) is 3.51. The van der Waals surface area contributed by atoms with Crippen molar-refractivity contribution in [3.05, 3.63) is 67.3 Å². The van der Waals surface area contributed by atoms with Crippen LogP contribution < -0.4 is 0 Å². The summed E-state index contributed by atoms with van der Waals surface area (Å²) < 4.78 is 0.878. The van der Waals surface area contributed by atoms with Gasteiger partial charge in [0.1, 0.15) is 5.75 Å². The molecule has 0 saturated carbocycles. The summed E-state index contributed by atoms with van der Waals surface area (Å²) in [6, 6.07) is 9.14. The number of aliphatic hydroxyl groups excluding tert-OH is 2. The Bertz CT molecular complexity index is 1240. The number of halogens is 1. The summed E-state index contributed by atoms with van der Waals surface area (Å²) in [5.41, 5.74) is 3.60. The zero-order chi connectivity index (χ0) is 28.1. The number of hydrogen-bond acceptors (Lipinski definition) is 6. The molecule has 4 rings (SSSR count). The second-order valence-corrected chi connectivity index (χ2v) is 12.5. The maximum absolute atomic E-state index is 13.6. The summed E-state index contributed by atoms with van der Waals surface area (Å²) in [4.78, 5) is 29.2. The lowest BCUT2D eigenvalue weighted by Crippen LogP contribution is -2.39. The third-order valence-electron chi connectivity index (χ3n) is 7.94. The number of nitrogens with zero attached hydrogens (tertiary/aromatic N) is 1. The molecule has 1 aliphatic heterocycles. The number of imide groups is 1. The van der Waals surface area contributed by atoms with E-state index in [4.69, 9.17) is 0 Å². The fraction of sp³-hybridized carbons (Fsp3) is 0.484. The number of rotatable bonds is 12. The molecule has 1 aromatic heterocycles. The Balaban J connectivity index is 1.58. The Labute approximate surface area is 243 Å². The number of fused-ring (bicyclic) bond motifs is 1. The molecule has 0 radical (unpaired) electrons. The number of aliphatic hydroxyl groups is 2. The largest absolute Gasteiger partial charge is 0.507 e. The maximum atomic E-state index is 13.6. The van der Waals surface area contributed by atoms with Crippen molar-refractivity contribution in [3.8, 4) is 5.75 Å². The van der Waals surface area contributed by atoms with Crippen LogP contribution in [0.1, 0.15) is 69.2 Å². The minimum Gasteiger partial charge on any atom is -0.507 e. The van der Waals surface area contributed by atoms with Gasteiger partial charge in [-0.1, -0.05) is 65.9 Å². The molecule has 1 aromatic carbocycles. The molecule has 0 bridgehead atoms. The number of amides is 2. The Morgan fingerprint density at radius 3 is 2.64 bits per heavy atom. The number of phenols is 1. The quantitative estimate of drug-likeness (QED) is 0.188. The van der Waals surface area contributed by atoms with Crippen molar-refractivity contribution < 1.29 is 24.9 Å². The molecule has 210 valence electrons. The fourth-order valence-corrected chi connectivity index (χ4v) is 7.28. The molecular formula is C31H38BrNO5S. The number of phenolic OH excluding ortho intramolecular Hbond substituents is 1. The predicted octanol–water partition coefficient (Wildman–Crippen LogP) is 6.45. The van der Waals surface area contributed by atoms with Gasteiger partial charge in [0.15, 0.2) is 0 Å². The van der Waals surface area contributed by atoms with E-state index in [9.17, 15) is 24.9 Å². The van der Waals surface area contributed by atoms with E-state index in [-0.39, 0.29) is 30.7 Å². The van der Waals surface area contributed by atoms with Crippen molar-refractivity contribution >= 4 is 45.2 Å². The molecule has 2 amide bonds. The first-order valence-electron chi connectivity index (χ1n) is 13.8. The normalized spacial score (nSPS) is 22.5. The fourth-order valence-electron chi connectivity index (χ4n) is 6.21. The van der Waals surface area contributed by atoms with Crippen molar-refractivity contribution in [2.24, 2.45) is 17.8 Å². The monoisotopic (exact) mass is 615 g/mol. The molecule has 8 heteroatoms.